The predicted octanol–water partition coefficient (Wildman–Crippen LogP) is 2.47. The molecule has 5 nitrogen and oxygen atoms in total. The van der Waals surface area contributed by atoms with Gasteiger partial charge in [-0.15, -0.1) is 0 Å². The van der Waals surface area contributed by atoms with Gasteiger partial charge in [-0.25, -0.2) is 12.7 Å². The minimum atomic E-state index is -3.66. The first kappa shape index (κ1) is 16.4. The largest absolute Gasteiger partial charge is 0.261 e. The van der Waals surface area contributed by atoms with Crippen molar-refractivity contribution in [3.05, 3.63) is 58.9 Å². The maximum Gasteiger partial charge on any atom is 0.242 e. The quantitative estimate of drug-likeness (QED) is 0.841. The lowest BCUT2D eigenvalue weighted by molar-refractivity contribution is 0.471. The molecule has 0 spiro atoms. The maximum absolute atomic E-state index is 12.5. The lowest BCUT2D eigenvalue weighted by Crippen LogP contribution is -2.29. The molecule has 0 saturated carbocycles. The smallest absolute Gasteiger partial charge is 0.242 e. The number of hydrogen-bond acceptors (Lipinski definition) is 4. The van der Waals surface area contributed by atoms with Crippen LogP contribution in [-0.2, 0) is 16.4 Å². The normalized spacial score (nSPS) is 11.4. The van der Waals surface area contributed by atoms with Crippen molar-refractivity contribution in [2.24, 2.45) is 0 Å². The molecule has 0 fully saturated rings. The summed E-state index contributed by atoms with van der Waals surface area (Å²) in [4.78, 5) is 4.22. The highest BCUT2D eigenvalue weighted by atomic mass is 35.5. The lowest BCUT2D eigenvalue weighted by atomic mass is 10.2. The van der Waals surface area contributed by atoms with Gasteiger partial charge in [0.25, 0.3) is 0 Å². The number of likely N-dealkylation sites (N-methyl/N-ethyl adjacent to an activating group) is 1. The van der Waals surface area contributed by atoms with Gasteiger partial charge in [0.2, 0.25) is 10.0 Å². The van der Waals surface area contributed by atoms with Gasteiger partial charge in [-0.1, -0.05) is 17.7 Å². The zero-order chi connectivity index (χ0) is 16.2. The van der Waals surface area contributed by atoms with E-state index in [4.69, 9.17) is 16.9 Å². The second-order valence-corrected chi connectivity index (χ2v) is 7.10. The number of halogens is 1. The van der Waals surface area contributed by atoms with Crippen LogP contribution in [-0.4, -0.2) is 31.3 Å². The number of nitriles is 1. The van der Waals surface area contributed by atoms with Gasteiger partial charge in [-0.05, 0) is 30.3 Å². The van der Waals surface area contributed by atoms with Crippen LogP contribution in [0.1, 0.15) is 11.3 Å². The van der Waals surface area contributed by atoms with Crippen molar-refractivity contribution in [2.45, 2.75) is 11.3 Å². The van der Waals surface area contributed by atoms with Crippen LogP contribution < -0.4 is 0 Å². The predicted molar refractivity (Wildman–Crippen MR) is 83.9 cm³/mol. The van der Waals surface area contributed by atoms with Crippen LogP contribution in [0, 0.1) is 11.3 Å². The zero-order valence-corrected chi connectivity index (χ0v) is 13.5. The molecule has 0 aliphatic carbocycles. The third kappa shape index (κ3) is 3.63. The summed E-state index contributed by atoms with van der Waals surface area (Å²) in [6.07, 6.45) is 2.18. The fourth-order valence-electron chi connectivity index (χ4n) is 1.87. The van der Waals surface area contributed by atoms with E-state index in [9.17, 15) is 8.42 Å². The summed E-state index contributed by atoms with van der Waals surface area (Å²) in [6, 6.07) is 11.5. The summed E-state index contributed by atoms with van der Waals surface area (Å²) in [5, 5.41) is 9.18. The third-order valence-electron chi connectivity index (χ3n) is 3.18. The fraction of sp³-hybridized carbons (Fsp3) is 0.200. The summed E-state index contributed by atoms with van der Waals surface area (Å²) in [6.45, 7) is 0.295. The number of sulfonamides is 1. The Bertz CT molecular complexity index is 801. The molecule has 0 unspecified atom stereocenters. The number of aromatic nitrogens is 1. The Morgan fingerprint density at radius 3 is 2.73 bits per heavy atom. The average molecular weight is 336 g/mol. The molecule has 0 atom stereocenters. The molecule has 0 radical (unpaired) electrons. The number of nitrogens with zero attached hydrogens (tertiary/aromatic N) is 3. The Hall–Kier alpha value is -1.94. The fourth-order valence-corrected chi connectivity index (χ4v) is 3.23. The highest BCUT2D eigenvalue weighted by molar-refractivity contribution is 7.89. The molecule has 2 rings (SSSR count). The highest BCUT2D eigenvalue weighted by Gasteiger charge is 2.21. The van der Waals surface area contributed by atoms with Gasteiger partial charge in [0.05, 0.1) is 15.5 Å². The molecule has 0 N–H and O–H groups in total. The zero-order valence-electron chi connectivity index (χ0n) is 11.9. The van der Waals surface area contributed by atoms with Gasteiger partial charge in [0.1, 0.15) is 6.07 Å². The van der Waals surface area contributed by atoms with Crippen molar-refractivity contribution in [3.8, 4) is 6.07 Å². The molecule has 1 aromatic carbocycles. The van der Waals surface area contributed by atoms with E-state index in [1.807, 2.05) is 18.2 Å². The first-order valence-corrected chi connectivity index (χ1v) is 8.33. The van der Waals surface area contributed by atoms with Crippen molar-refractivity contribution in [1.82, 2.24) is 9.29 Å². The van der Waals surface area contributed by atoms with Gasteiger partial charge in [-0.2, -0.15) is 5.26 Å². The Morgan fingerprint density at radius 1 is 1.32 bits per heavy atom. The summed E-state index contributed by atoms with van der Waals surface area (Å²) in [5.74, 6) is 0. The van der Waals surface area contributed by atoms with Crippen LogP contribution in [0.4, 0.5) is 0 Å². The molecule has 0 bridgehead atoms. The standard InChI is InChI=1S/C15H14ClN3O2S/c1-19(9-7-13-4-2-3-8-18-13)22(20,21)14-5-6-15(16)12(10-14)11-17/h2-6,8,10H,7,9H2,1H3. The van der Waals surface area contributed by atoms with Crippen LogP contribution in [0.2, 0.25) is 5.02 Å². The number of benzene rings is 1. The molecule has 2 aromatic rings. The summed E-state index contributed by atoms with van der Waals surface area (Å²) in [5.41, 5.74) is 0.958. The van der Waals surface area contributed by atoms with E-state index in [1.54, 1.807) is 12.3 Å². The molecular formula is C15H14ClN3O2S. The van der Waals surface area contributed by atoms with Crippen molar-refractivity contribution in [3.63, 3.8) is 0 Å². The maximum atomic E-state index is 12.5. The van der Waals surface area contributed by atoms with E-state index in [0.717, 1.165) is 5.69 Å². The third-order valence-corrected chi connectivity index (χ3v) is 5.36. The SMILES string of the molecule is CN(CCc1ccccn1)S(=O)(=O)c1ccc(Cl)c(C#N)c1. The molecule has 1 heterocycles. The topological polar surface area (TPSA) is 74.1 Å². The Kier molecular flexibility index (Phi) is 5.14. The minimum Gasteiger partial charge on any atom is -0.261 e. The minimum absolute atomic E-state index is 0.0528. The van der Waals surface area contributed by atoms with E-state index < -0.39 is 10.0 Å². The second-order valence-electron chi connectivity index (χ2n) is 4.65. The van der Waals surface area contributed by atoms with Crippen LogP contribution in [0.3, 0.4) is 0 Å². The van der Waals surface area contributed by atoms with Crippen molar-refractivity contribution < 1.29 is 8.42 Å². The molecule has 22 heavy (non-hydrogen) atoms. The Balaban J connectivity index is 2.17. The monoisotopic (exact) mass is 335 g/mol. The van der Waals surface area contributed by atoms with Gasteiger partial charge in [0, 0.05) is 31.9 Å². The van der Waals surface area contributed by atoms with Gasteiger partial charge >= 0.3 is 0 Å². The van der Waals surface area contributed by atoms with E-state index >= 15 is 0 Å². The van der Waals surface area contributed by atoms with Crippen molar-refractivity contribution >= 4 is 21.6 Å². The van der Waals surface area contributed by atoms with Crippen LogP contribution in [0.5, 0.6) is 0 Å². The molecule has 114 valence electrons. The highest BCUT2D eigenvalue weighted by Crippen LogP contribution is 2.21. The molecule has 7 heteroatoms. The number of rotatable bonds is 5. The summed E-state index contributed by atoms with van der Waals surface area (Å²) in [7, 11) is -2.16. The Labute approximate surface area is 134 Å². The van der Waals surface area contributed by atoms with Gasteiger partial charge < -0.3 is 0 Å². The average Bonchev–Trinajstić information content (AvgIpc) is 2.53. The van der Waals surface area contributed by atoms with Crippen molar-refractivity contribution in [2.75, 3.05) is 13.6 Å². The van der Waals surface area contributed by atoms with Gasteiger partial charge in [0.15, 0.2) is 0 Å². The summed E-state index contributed by atoms with van der Waals surface area (Å²) >= 11 is 5.83. The van der Waals surface area contributed by atoms with E-state index in [2.05, 4.69) is 4.98 Å². The van der Waals surface area contributed by atoms with Crippen LogP contribution in [0.25, 0.3) is 0 Å². The van der Waals surface area contributed by atoms with E-state index in [1.165, 1.54) is 29.6 Å². The molecule has 1 aromatic heterocycles. The van der Waals surface area contributed by atoms with E-state index in [-0.39, 0.29) is 15.5 Å². The van der Waals surface area contributed by atoms with E-state index in [0.29, 0.717) is 13.0 Å². The van der Waals surface area contributed by atoms with Crippen LogP contribution >= 0.6 is 11.6 Å². The molecule has 0 aliphatic rings. The number of pyridine rings is 1. The number of hydrogen-bond donors (Lipinski definition) is 0. The molecule has 0 amide bonds. The molecule has 0 saturated heterocycles. The van der Waals surface area contributed by atoms with Crippen LogP contribution in [0.15, 0.2) is 47.5 Å². The first-order valence-electron chi connectivity index (χ1n) is 6.51. The van der Waals surface area contributed by atoms with Crippen molar-refractivity contribution in [1.29, 1.82) is 5.26 Å². The second kappa shape index (κ2) is 6.88. The molecule has 0 aliphatic heterocycles. The summed E-state index contributed by atoms with van der Waals surface area (Å²) < 4.78 is 26.2. The first-order chi connectivity index (χ1) is 10.4. The Morgan fingerprint density at radius 2 is 2.09 bits per heavy atom. The lowest BCUT2D eigenvalue weighted by Gasteiger charge is -2.17. The van der Waals surface area contributed by atoms with Gasteiger partial charge in [-0.3, -0.25) is 4.98 Å². The molecular weight excluding hydrogens is 322 g/mol.